The number of hydroxylamine groups is 1. The third-order valence-corrected chi connectivity index (χ3v) is 6.15. The summed E-state index contributed by atoms with van der Waals surface area (Å²) in [7, 11) is 0. The van der Waals surface area contributed by atoms with Crippen LogP contribution in [0.5, 0.6) is 5.75 Å². The molecule has 8 heteroatoms. The third kappa shape index (κ3) is 5.14. The van der Waals surface area contributed by atoms with E-state index in [4.69, 9.17) is 19.6 Å². The summed E-state index contributed by atoms with van der Waals surface area (Å²) < 4.78 is 12.8. The lowest BCUT2D eigenvalue weighted by Crippen LogP contribution is -2.49. The van der Waals surface area contributed by atoms with Crippen molar-refractivity contribution in [3.05, 3.63) is 100 Å². The molecule has 2 atom stereocenters. The molecule has 0 spiro atoms. The lowest BCUT2D eigenvalue weighted by Gasteiger charge is -2.29. The molecule has 1 heterocycles. The molecule has 34 heavy (non-hydrogen) atoms. The summed E-state index contributed by atoms with van der Waals surface area (Å²) in [4.78, 5) is 17.9. The highest BCUT2D eigenvalue weighted by Crippen LogP contribution is 2.42. The van der Waals surface area contributed by atoms with Gasteiger partial charge in [0, 0.05) is 29.5 Å². The van der Waals surface area contributed by atoms with E-state index in [2.05, 4.69) is 15.9 Å². The van der Waals surface area contributed by atoms with Gasteiger partial charge in [-0.05, 0) is 47.5 Å². The molecule has 176 valence electrons. The first-order chi connectivity index (χ1) is 16.6. The van der Waals surface area contributed by atoms with Crippen molar-refractivity contribution in [1.82, 2.24) is 5.48 Å². The molecule has 1 aliphatic rings. The van der Waals surface area contributed by atoms with E-state index < -0.39 is 17.6 Å². The Hall–Kier alpha value is -3.20. The molecule has 0 aromatic heterocycles. The standard InChI is InChI=1S/C26H25BrN2O5/c27-21-11-7-18(8-12-21)17-26(25(31)29-32)23(19-5-2-1-3-6-19)34-24(28-26)20-9-13-22(14-10-20)33-16-4-15-30/h1-3,5-14,23,30,32H,4,15-17H2,(H,29,31)/t23-,26-/m0/s1. The van der Waals surface area contributed by atoms with Crippen LogP contribution in [0.4, 0.5) is 0 Å². The van der Waals surface area contributed by atoms with Crippen molar-refractivity contribution in [1.29, 1.82) is 0 Å². The van der Waals surface area contributed by atoms with E-state index in [0.717, 1.165) is 15.6 Å². The fourth-order valence-corrected chi connectivity index (χ4v) is 4.18. The Morgan fingerprint density at radius 1 is 1.06 bits per heavy atom. The number of amides is 1. The minimum Gasteiger partial charge on any atom is -0.494 e. The number of hydrogen-bond donors (Lipinski definition) is 3. The molecule has 0 radical (unpaired) electrons. The summed E-state index contributed by atoms with van der Waals surface area (Å²) in [6, 6.07) is 24.2. The molecule has 3 aromatic rings. The zero-order valence-corrected chi connectivity index (χ0v) is 19.9. The molecule has 0 fully saturated rings. The van der Waals surface area contributed by atoms with Crippen molar-refractivity contribution in [3.63, 3.8) is 0 Å². The van der Waals surface area contributed by atoms with Crippen LogP contribution in [0.2, 0.25) is 0 Å². The van der Waals surface area contributed by atoms with Gasteiger partial charge in [0.05, 0.1) is 6.61 Å². The molecule has 4 rings (SSSR count). The van der Waals surface area contributed by atoms with Gasteiger partial charge in [0.2, 0.25) is 5.90 Å². The number of nitrogens with zero attached hydrogens (tertiary/aromatic N) is 1. The lowest BCUT2D eigenvalue weighted by molar-refractivity contribution is -0.137. The molecule has 0 unspecified atom stereocenters. The van der Waals surface area contributed by atoms with Gasteiger partial charge in [-0.2, -0.15) is 0 Å². The average molecular weight is 525 g/mol. The highest BCUT2D eigenvalue weighted by molar-refractivity contribution is 9.10. The number of benzene rings is 3. The molecule has 3 aromatic carbocycles. The molecule has 0 bridgehead atoms. The first-order valence-electron chi connectivity index (χ1n) is 10.9. The van der Waals surface area contributed by atoms with Gasteiger partial charge >= 0.3 is 0 Å². The van der Waals surface area contributed by atoms with Crippen molar-refractivity contribution in [2.45, 2.75) is 24.5 Å². The van der Waals surface area contributed by atoms with Crippen LogP contribution >= 0.6 is 15.9 Å². The van der Waals surface area contributed by atoms with Crippen LogP contribution in [-0.2, 0) is 16.0 Å². The Bertz CT molecular complexity index is 1140. The molecular formula is C26H25BrN2O5. The Morgan fingerprint density at radius 2 is 1.76 bits per heavy atom. The van der Waals surface area contributed by atoms with Crippen molar-refractivity contribution in [2.75, 3.05) is 13.2 Å². The van der Waals surface area contributed by atoms with Crippen LogP contribution in [0.3, 0.4) is 0 Å². The molecule has 1 amide bonds. The fourth-order valence-electron chi connectivity index (χ4n) is 3.92. The number of aliphatic hydroxyl groups excluding tert-OH is 1. The van der Waals surface area contributed by atoms with E-state index in [1.165, 1.54) is 0 Å². The number of rotatable bonds is 9. The Kier molecular flexibility index (Phi) is 7.62. The summed E-state index contributed by atoms with van der Waals surface area (Å²) in [5.74, 6) is 0.310. The van der Waals surface area contributed by atoms with E-state index in [1.807, 2.05) is 72.2 Å². The van der Waals surface area contributed by atoms with Crippen LogP contribution in [-0.4, -0.2) is 40.9 Å². The van der Waals surface area contributed by atoms with Crippen LogP contribution < -0.4 is 10.2 Å². The van der Waals surface area contributed by atoms with Crippen molar-refractivity contribution in [2.24, 2.45) is 4.99 Å². The molecule has 3 N–H and O–H groups in total. The van der Waals surface area contributed by atoms with E-state index in [0.29, 0.717) is 30.2 Å². The van der Waals surface area contributed by atoms with E-state index in [1.54, 1.807) is 12.1 Å². The molecular weight excluding hydrogens is 500 g/mol. The minimum absolute atomic E-state index is 0.0664. The Morgan fingerprint density at radius 3 is 2.41 bits per heavy atom. The van der Waals surface area contributed by atoms with Crippen LogP contribution in [0.15, 0.2) is 88.3 Å². The first kappa shape index (κ1) is 23.9. The number of aliphatic imine (C=N–C) groups is 1. The third-order valence-electron chi connectivity index (χ3n) is 5.62. The molecule has 1 aliphatic heterocycles. The van der Waals surface area contributed by atoms with Gasteiger partial charge in [0.25, 0.3) is 5.91 Å². The molecule has 0 saturated heterocycles. The summed E-state index contributed by atoms with van der Waals surface area (Å²) >= 11 is 3.43. The highest BCUT2D eigenvalue weighted by Gasteiger charge is 2.53. The normalized spacial score (nSPS) is 19.3. The van der Waals surface area contributed by atoms with E-state index >= 15 is 0 Å². The smallest absolute Gasteiger partial charge is 0.275 e. The van der Waals surface area contributed by atoms with Gasteiger partial charge in [-0.15, -0.1) is 0 Å². The number of nitrogens with one attached hydrogen (secondary N) is 1. The number of ether oxygens (including phenoxy) is 2. The predicted molar refractivity (Wildman–Crippen MR) is 131 cm³/mol. The summed E-state index contributed by atoms with van der Waals surface area (Å²) in [5, 5.41) is 18.6. The number of hydrogen-bond acceptors (Lipinski definition) is 6. The summed E-state index contributed by atoms with van der Waals surface area (Å²) in [6.07, 6.45) is 0.0171. The van der Waals surface area contributed by atoms with Gasteiger partial charge in [0.1, 0.15) is 5.75 Å². The van der Waals surface area contributed by atoms with Crippen LogP contribution in [0, 0.1) is 0 Å². The maximum Gasteiger partial charge on any atom is 0.275 e. The first-order valence-corrected chi connectivity index (χ1v) is 11.7. The number of aliphatic hydroxyl groups is 1. The predicted octanol–water partition coefficient (Wildman–Crippen LogP) is 4.22. The second-order valence-electron chi connectivity index (χ2n) is 7.94. The summed E-state index contributed by atoms with van der Waals surface area (Å²) in [6.45, 7) is 0.479. The minimum atomic E-state index is -1.42. The number of carbonyl (C=O) groups is 1. The van der Waals surface area contributed by atoms with Crippen LogP contribution in [0.1, 0.15) is 29.2 Å². The number of halogens is 1. The second kappa shape index (κ2) is 10.8. The maximum absolute atomic E-state index is 13.2. The molecule has 0 aliphatic carbocycles. The van der Waals surface area contributed by atoms with Crippen LogP contribution in [0.25, 0.3) is 0 Å². The van der Waals surface area contributed by atoms with Crippen molar-refractivity contribution >= 4 is 27.7 Å². The molecule has 0 saturated carbocycles. The van der Waals surface area contributed by atoms with Gasteiger partial charge in [-0.25, -0.2) is 10.5 Å². The van der Waals surface area contributed by atoms with E-state index in [-0.39, 0.29) is 13.0 Å². The Labute approximate surface area is 206 Å². The monoisotopic (exact) mass is 524 g/mol. The lowest BCUT2D eigenvalue weighted by atomic mass is 9.82. The zero-order chi connectivity index (χ0) is 24.0. The molecule has 7 nitrogen and oxygen atoms in total. The summed E-state index contributed by atoms with van der Waals surface area (Å²) in [5.41, 5.74) is 2.71. The van der Waals surface area contributed by atoms with E-state index in [9.17, 15) is 10.0 Å². The highest BCUT2D eigenvalue weighted by atomic mass is 79.9. The largest absolute Gasteiger partial charge is 0.494 e. The maximum atomic E-state index is 13.2. The van der Waals surface area contributed by atoms with Gasteiger partial charge in [-0.3, -0.25) is 10.0 Å². The Balaban J connectivity index is 1.73. The van der Waals surface area contributed by atoms with Crippen molar-refractivity contribution < 1.29 is 24.6 Å². The average Bonchev–Trinajstić information content (AvgIpc) is 3.26. The van der Waals surface area contributed by atoms with Gasteiger partial charge in [-0.1, -0.05) is 58.4 Å². The topological polar surface area (TPSA) is 100 Å². The van der Waals surface area contributed by atoms with Gasteiger partial charge in [0.15, 0.2) is 11.6 Å². The second-order valence-corrected chi connectivity index (χ2v) is 8.86. The SMILES string of the molecule is O=C(NO)[C@@]1(Cc2ccc(Br)cc2)N=C(c2ccc(OCCCO)cc2)O[C@H]1c1ccccc1. The van der Waals surface area contributed by atoms with Crippen molar-refractivity contribution in [3.8, 4) is 5.75 Å². The number of carbonyl (C=O) groups excluding carboxylic acids is 1. The van der Waals surface area contributed by atoms with Gasteiger partial charge < -0.3 is 14.6 Å². The quantitative estimate of drug-likeness (QED) is 0.221. The fraction of sp³-hybridized carbons (Fsp3) is 0.231. The zero-order valence-electron chi connectivity index (χ0n) is 18.4.